The van der Waals surface area contributed by atoms with Gasteiger partial charge in [0.15, 0.2) is 16.3 Å². The van der Waals surface area contributed by atoms with Crippen molar-refractivity contribution in [1.29, 1.82) is 0 Å². The van der Waals surface area contributed by atoms with Crippen LogP contribution in [0.1, 0.15) is 24.1 Å². The van der Waals surface area contributed by atoms with Crippen LogP contribution in [0.25, 0.3) is 6.08 Å². The topological polar surface area (TPSA) is 100 Å². The van der Waals surface area contributed by atoms with Crippen molar-refractivity contribution >= 4 is 29.0 Å². The van der Waals surface area contributed by atoms with Crippen molar-refractivity contribution in [3.05, 3.63) is 109 Å². The molecule has 4 aromatic rings. The summed E-state index contributed by atoms with van der Waals surface area (Å²) in [5, 5.41) is 2.96. The van der Waals surface area contributed by atoms with E-state index in [-0.39, 0.29) is 11.5 Å². The van der Waals surface area contributed by atoms with E-state index in [4.69, 9.17) is 23.9 Å². The van der Waals surface area contributed by atoms with E-state index >= 15 is 0 Å². The molecule has 0 aliphatic carbocycles. The lowest BCUT2D eigenvalue weighted by Gasteiger charge is -2.25. The summed E-state index contributed by atoms with van der Waals surface area (Å²) in [6, 6.07) is 19.2. The van der Waals surface area contributed by atoms with Gasteiger partial charge in [0.2, 0.25) is 0 Å². The lowest BCUT2D eigenvalue weighted by Crippen LogP contribution is -2.40. The van der Waals surface area contributed by atoms with Gasteiger partial charge in [0.1, 0.15) is 11.5 Å². The van der Waals surface area contributed by atoms with Crippen LogP contribution in [0.5, 0.6) is 23.0 Å². The molecule has 0 bridgehead atoms. The minimum atomic E-state index is -0.713. The normalized spacial score (nSPS) is 14.7. The summed E-state index contributed by atoms with van der Waals surface area (Å²) >= 11 is 1.24. The minimum Gasteiger partial charge on any atom is -0.497 e. The van der Waals surface area contributed by atoms with E-state index in [1.807, 2.05) is 54.6 Å². The summed E-state index contributed by atoms with van der Waals surface area (Å²) in [6.07, 6.45) is 1.73. The zero-order valence-corrected chi connectivity index (χ0v) is 24.1. The molecular weight excluding hydrogens is 542 g/mol. The van der Waals surface area contributed by atoms with E-state index in [1.165, 1.54) is 11.3 Å². The Morgan fingerprint density at radius 2 is 1.56 bits per heavy atom. The number of ether oxygens (including phenoxy) is 4. The predicted molar refractivity (Wildman–Crippen MR) is 158 cm³/mol. The fraction of sp³-hybridized carbons (Fsp3) is 0.194. The van der Waals surface area contributed by atoms with Gasteiger partial charge in [0.05, 0.1) is 50.3 Å². The number of carbonyl (C=O) groups is 1. The molecule has 0 radical (unpaired) electrons. The first-order valence-electron chi connectivity index (χ1n) is 12.7. The maximum Gasteiger partial charge on any atom is 0.271 e. The van der Waals surface area contributed by atoms with Crippen molar-refractivity contribution < 1.29 is 23.7 Å². The standard InChI is InChI=1S/C31H29N3O6S/c1-18-27(29(35)33-21-9-7-6-8-10-21)28(19-11-13-22(37-2)14-12-19)34-30(36)26(41-31(34)32-18)16-20-15-24(39-4)25(40-5)17-23(20)38-3/h6-17,28H,1-5H3,(H,33,35)/b26-16+/t28-/m1/s1. The first-order valence-corrected chi connectivity index (χ1v) is 13.5. The number of amides is 1. The Balaban J connectivity index is 1.69. The molecule has 3 aromatic carbocycles. The van der Waals surface area contributed by atoms with Gasteiger partial charge in [-0.05, 0) is 48.9 Å². The molecule has 9 nitrogen and oxygen atoms in total. The Morgan fingerprint density at radius 3 is 2.20 bits per heavy atom. The van der Waals surface area contributed by atoms with E-state index in [0.717, 1.165) is 5.56 Å². The number of allylic oxidation sites excluding steroid dienone is 1. The second-order valence-corrected chi connectivity index (χ2v) is 10.1. The molecule has 210 valence electrons. The lowest BCUT2D eigenvalue weighted by molar-refractivity contribution is -0.113. The number of para-hydroxylation sites is 1. The molecule has 1 amide bonds. The molecule has 0 fully saturated rings. The zero-order chi connectivity index (χ0) is 29.1. The second kappa shape index (κ2) is 11.7. The maximum atomic E-state index is 14.0. The van der Waals surface area contributed by atoms with Gasteiger partial charge in [0, 0.05) is 17.3 Å². The number of thiazole rings is 1. The van der Waals surface area contributed by atoms with Crippen LogP contribution < -0.4 is 39.2 Å². The van der Waals surface area contributed by atoms with Crippen molar-refractivity contribution in [2.75, 3.05) is 33.8 Å². The number of aromatic nitrogens is 1. The summed E-state index contributed by atoms with van der Waals surface area (Å²) in [5.41, 5.74) is 2.63. The van der Waals surface area contributed by atoms with Crippen LogP contribution in [0, 0.1) is 0 Å². The molecule has 1 aromatic heterocycles. The average molecular weight is 572 g/mol. The van der Waals surface area contributed by atoms with Crippen LogP contribution in [0.15, 0.2) is 87.8 Å². The van der Waals surface area contributed by atoms with E-state index < -0.39 is 6.04 Å². The first kappa shape index (κ1) is 27.7. The van der Waals surface area contributed by atoms with E-state index in [2.05, 4.69) is 5.32 Å². The second-order valence-electron chi connectivity index (χ2n) is 9.12. The van der Waals surface area contributed by atoms with Crippen molar-refractivity contribution in [2.24, 2.45) is 4.99 Å². The quantitative estimate of drug-likeness (QED) is 0.344. The molecule has 0 unspecified atom stereocenters. The number of anilines is 1. The Bertz CT molecular complexity index is 1810. The van der Waals surface area contributed by atoms with Crippen LogP contribution in [-0.4, -0.2) is 38.9 Å². The average Bonchev–Trinajstić information content (AvgIpc) is 3.30. The summed E-state index contributed by atoms with van der Waals surface area (Å²) < 4.78 is 23.8. The highest BCUT2D eigenvalue weighted by Crippen LogP contribution is 2.35. The number of hydrogen-bond acceptors (Lipinski definition) is 8. The van der Waals surface area contributed by atoms with Crippen LogP contribution in [0.2, 0.25) is 0 Å². The van der Waals surface area contributed by atoms with Gasteiger partial charge in [-0.2, -0.15) is 0 Å². The molecule has 1 aliphatic heterocycles. The van der Waals surface area contributed by atoms with Gasteiger partial charge < -0.3 is 24.3 Å². The molecule has 0 saturated heterocycles. The molecule has 2 heterocycles. The van der Waals surface area contributed by atoms with Gasteiger partial charge >= 0.3 is 0 Å². The third-order valence-corrected chi connectivity index (χ3v) is 7.73. The molecule has 1 atom stereocenters. The SMILES string of the molecule is COc1ccc([C@@H]2C(C(=O)Nc3ccccc3)=C(C)N=c3s/c(=C/c4cc(OC)c(OC)cc4OC)c(=O)n32)cc1. The molecule has 5 rings (SSSR count). The summed E-state index contributed by atoms with van der Waals surface area (Å²) in [4.78, 5) is 32.9. The van der Waals surface area contributed by atoms with Crippen molar-refractivity contribution in [3.63, 3.8) is 0 Å². The van der Waals surface area contributed by atoms with Gasteiger partial charge in [-0.3, -0.25) is 14.2 Å². The number of nitrogens with zero attached hydrogens (tertiary/aromatic N) is 2. The molecular formula is C31H29N3O6S. The Hall–Kier alpha value is -4.83. The molecule has 41 heavy (non-hydrogen) atoms. The number of nitrogens with one attached hydrogen (secondary N) is 1. The predicted octanol–water partition coefficient (Wildman–Crippen LogP) is 3.91. The van der Waals surface area contributed by atoms with Crippen molar-refractivity contribution in [2.45, 2.75) is 13.0 Å². The highest BCUT2D eigenvalue weighted by atomic mass is 32.1. The van der Waals surface area contributed by atoms with Gasteiger partial charge in [0.25, 0.3) is 11.5 Å². The lowest BCUT2D eigenvalue weighted by atomic mass is 9.95. The maximum absolute atomic E-state index is 14.0. The number of carbonyl (C=O) groups excluding carboxylic acids is 1. The van der Waals surface area contributed by atoms with Crippen LogP contribution in [0.4, 0.5) is 5.69 Å². The number of methoxy groups -OCH3 is 4. The highest BCUT2D eigenvalue weighted by molar-refractivity contribution is 7.07. The third-order valence-electron chi connectivity index (χ3n) is 6.75. The number of hydrogen-bond donors (Lipinski definition) is 1. The van der Waals surface area contributed by atoms with Gasteiger partial charge in [-0.25, -0.2) is 4.99 Å². The summed E-state index contributed by atoms with van der Waals surface area (Å²) in [6.45, 7) is 1.78. The highest BCUT2D eigenvalue weighted by Gasteiger charge is 2.32. The largest absolute Gasteiger partial charge is 0.497 e. The van der Waals surface area contributed by atoms with Crippen LogP contribution in [0.3, 0.4) is 0 Å². The van der Waals surface area contributed by atoms with Crippen LogP contribution >= 0.6 is 11.3 Å². The van der Waals surface area contributed by atoms with E-state index in [1.54, 1.807) is 58.1 Å². The molecule has 1 aliphatic rings. The smallest absolute Gasteiger partial charge is 0.271 e. The van der Waals surface area contributed by atoms with Gasteiger partial charge in [-0.1, -0.05) is 41.7 Å². The van der Waals surface area contributed by atoms with Crippen molar-refractivity contribution in [1.82, 2.24) is 4.57 Å². The summed E-state index contributed by atoms with van der Waals surface area (Å²) in [7, 11) is 6.22. The minimum absolute atomic E-state index is 0.288. The zero-order valence-electron chi connectivity index (χ0n) is 23.3. The molecule has 10 heteroatoms. The monoisotopic (exact) mass is 571 g/mol. The number of rotatable bonds is 8. The van der Waals surface area contributed by atoms with E-state index in [9.17, 15) is 9.59 Å². The third kappa shape index (κ3) is 5.33. The fourth-order valence-corrected chi connectivity index (χ4v) is 5.78. The summed E-state index contributed by atoms with van der Waals surface area (Å²) in [5.74, 6) is 1.84. The molecule has 0 saturated carbocycles. The molecule has 1 N–H and O–H groups in total. The van der Waals surface area contributed by atoms with Gasteiger partial charge in [-0.15, -0.1) is 0 Å². The number of benzene rings is 3. The Morgan fingerprint density at radius 1 is 0.902 bits per heavy atom. The van der Waals surface area contributed by atoms with Crippen LogP contribution in [-0.2, 0) is 4.79 Å². The Kier molecular flexibility index (Phi) is 7.93. The Labute approximate surface area is 240 Å². The van der Waals surface area contributed by atoms with Crippen molar-refractivity contribution in [3.8, 4) is 23.0 Å². The first-order chi connectivity index (χ1) is 19.9. The van der Waals surface area contributed by atoms with E-state index in [0.29, 0.717) is 54.9 Å². The molecule has 0 spiro atoms. The fourth-order valence-electron chi connectivity index (χ4n) is 4.74. The number of fused-ring (bicyclic) bond motifs is 1.